The van der Waals surface area contributed by atoms with Gasteiger partial charge in [0, 0.05) is 12.2 Å². The van der Waals surface area contributed by atoms with Crippen molar-refractivity contribution in [2.75, 3.05) is 19.2 Å². The van der Waals surface area contributed by atoms with Gasteiger partial charge in [0.05, 0.1) is 25.6 Å². The summed E-state index contributed by atoms with van der Waals surface area (Å²) in [5.41, 5.74) is 2.67. The Morgan fingerprint density at radius 1 is 0.974 bits per heavy atom. The first kappa shape index (κ1) is 25.2. The highest BCUT2D eigenvalue weighted by Gasteiger charge is 2.43. The first-order chi connectivity index (χ1) is 18.4. The van der Waals surface area contributed by atoms with E-state index in [1.54, 1.807) is 34.1 Å². The molecule has 1 fully saturated rings. The van der Waals surface area contributed by atoms with Crippen LogP contribution in [0.4, 0.5) is 5.69 Å². The lowest BCUT2D eigenvalue weighted by atomic mass is 10.1. The molecule has 2 aliphatic rings. The van der Waals surface area contributed by atoms with E-state index in [0.717, 1.165) is 11.1 Å². The van der Waals surface area contributed by atoms with E-state index in [0.29, 0.717) is 41.0 Å². The fourth-order valence-electron chi connectivity index (χ4n) is 4.41. The number of hydrogen-bond acceptors (Lipinski definition) is 7. The standard InChI is InChI=1S/C28H25N3O6S/c1-35-27(34)20-8-10-21(11-9-20)29-25(32)14-22-26(33)31(15-18-5-3-2-4-6-18)28(38)30(22)16-19-7-12-23-24(13-19)37-17-36-23/h2-13,22H,14-17H2,1H3,(H,29,32). The molecular weight excluding hydrogens is 506 g/mol. The van der Waals surface area contributed by atoms with Gasteiger partial charge in [-0.25, -0.2) is 4.79 Å². The summed E-state index contributed by atoms with van der Waals surface area (Å²) in [7, 11) is 1.30. The fourth-order valence-corrected chi connectivity index (χ4v) is 4.76. The first-order valence-corrected chi connectivity index (χ1v) is 12.4. The van der Waals surface area contributed by atoms with Crippen molar-refractivity contribution >= 4 is 40.8 Å². The van der Waals surface area contributed by atoms with Crippen LogP contribution in [0, 0.1) is 0 Å². The van der Waals surface area contributed by atoms with E-state index < -0.39 is 12.0 Å². The number of nitrogens with one attached hydrogen (secondary N) is 1. The predicted molar refractivity (Wildman–Crippen MR) is 143 cm³/mol. The van der Waals surface area contributed by atoms with Crippen LogP contribution in [0.1, 0.15) is 27.9 Å². The van der Waals surface area contributed by atoms with Crippen molar-refractivity contribution in [2.45, 2.75) is 25.6 Å². The molecule has 0 spiro atoms. The smallest absolute Gasteiger partial charge is 0.337 e. The van der Waals surface area contributed by atoms with Gasteiger partial charge in [-0.15, -0.1) is 0 Å². The minimum atomic E-state index is -0.786. The zero-order valence-corrected chi connectivity index (χ0v) is 21.4. The van der Waals surface area contributed by atoms with Gasteiger partial charge in [-0.3, -0.25) is 14.5 Å². The number of esters is 1. The Bertz CT molecular complexity index is 1380. The number of carbonyl (C=O) groups excluding carboxylic acids is 3. The molecule has 0 bridgehead atoms. The third-order valence-electron chi connectivity index (χ3n) is 6.35. The van der Waals surface area contributed by atoms with Gasteiger partial charge in [0.15, 0.2) is 16.6 Å². The normalized spacial score (nSPS) is 16.1. The molecule has 1 saturated heterocycles. The van der Waals surface area contributed by atoms with E-state index in [-0.39, 0.29) is 25.0 Å². The lowest BCUT2D eigenvalue weighted by Gasteiger charge is -2.24. The third kappa shape index (κ3) is 5.30. The van der Waals surface area contributed by atoms with Gasteiger partial charge in [0.1, 0.15) is 6.04 Å². The van der Waals surface area contributed by atoms with Crippen LogP contribution in [0.5, 0.6) is 11.5 Å². The average Bonchev–Trinajstić information content (AvgIpc) is 3.48. The highest BCUT2D eigenvalue weighted by Crippen LogP contribution is 2.34. The number of anilines is 1. The Hall–Kier alpha value is -4.44. The van der Waals surface area contributed by atoms with Crippen LogP contribution in [0.15, 0.2) is 72.8 Å². The van der Waals surface area contributed by atoms with E-state index in [4.69, 9.17) is 26.4 Å². The molecule has 3 aromatic carbocycles. The van der Waals surface area contributed by atoms with Crippen molar-refractivity contribution in [2.24, 2.45) is 0 Å². The number of fused-ring (bicyclic) bond motifs is 1. The van der Waals surface area contributed by atoms with Gasteiger partial charge in [0.25, 0.3) is 5.91 Å². The summed E-state index contributed by atoms with van der Waals surface area (Å²) in [5.74, 6) is 0.231. The molecule has 0 radical (unpaired) electrons. The molecule has 0 aromatic heterocycles. The fraction of sp³-hybridized carbons (Fsp3) is 0.214. The summed E-state index contributed by atoms with van der Waals surface area (Å²) in [6.45, 7) is 0.787. The van der Waals surface area contributed by atoms with Gasteiger partial charge in [-0.05, 0) is 59.7 Å². The zero-order chi connectivity index (χ0) is 26.6. The maximum atomic E-state index is 13.6. The zero-order valence-electron chi connectivity index (χ0n) is 20.6. The Kier molecular flexibility index (Phi) is 7.23. The molecule has 9 nitrogen and oxygen atoms in total. The van der Waals surface area contributed by atoms with Crippen LogP contribution in [0.25, 0.3) is 0 Å². The van der Waals surface area contributed by atoms with Gasteiger partial charge < -0.3 is 24.4 Å². The van der Waals surface area contributed by atoms with Crippen LogP contribution < -0.4 is 14.8 Å². The average molecular weight is 532 g/mol. The summed E-state index contributed by atoms with van der Waals surface area (Å²) in [6.07, 6.45) is -0.104. The molecule has 194 valence electrons. The molecule has 10 heteroatoms. The van der Waals surface area contributed by atoms with Gasteiger partial charge in [-0.2, -0.15) is 0 Å². The number of rotatable bonds is 8. The van der Waals surface area contributed by atoms with E-state index in [1.807, 2.05) is 48.5 Å². The van der Waals surface area contributed by atoms with Crippen LogP contribution in [0.2, 0.25) is 0 Å². The van der Waals surface area contributed by atoms with E-state index in [2.05, 4.69) is 5.32 Å². The maximum Gasteiger partial charge on any atom is 0.337 e. The molecule has 2 aliphatic heterocycles. The van der Waals surface area contributed by atoms with E-state index >= 15 is 0 Å². The Labute approximate surface area is 224 Å². The lowest BCUT2D eigenvalue weighted by molar-refractivity contribution is -0.131. The molecular formula is C28H25N3O6S. The molecule has 38 heavy (non-hydrogen) atoms. The summed E-state index contributed by atoms with van der Waals surface area (Å²) in [6, 6.07) is 20.7. The molecule has 2 heterocycles. The summed E-state index contributed by atoms with van der Waals surface area (Å²) >= 11 is 5.75. The predicted octanol–water partition coefficient (Wildman–Crippen LogP) is 3.73. The number of benzene rings is 3. The quantitative estimate of drug-likeness (QED) is 0.347. The molecule has 1 unspecified atom stereocenters. The second kappa shape index (κ2) is 10.9. The lowest BCUT2D eigenvalue weighted by Crippen LogP contribution is -2.37. The highest BCUT2D eigenvalue weighted by atomic mass is 32.1. The van der Waals surface area contributed by atoms with Crippen LogP contribution in [0.3, 0.4) is 0 Å². The number of amides is 2. The summed E-state index contributed by atoms with van der Waals surface area (Å²) in [4.78, 5) is 41.6. The Morgan fingerprint density at radius 3 is 2.45 bits per heavy atom. The van der Waals surface area contributed by atoms with Crippen molar-refractivity contribution in [1.29, 1.82) is 0 Å². The molecule has 1 N–H and O–H groups in total. The number of thiocarbonyl (C=S) groups is 1. The van der Waals surface area contributed by atoms with Crippen molar-refractivity contribution < 1.29 is 28.6 Å². The van der Waals surface area contributed by atoms with Gasteiger partial charge >= 0.3 is 5.97 Å². The second-order valence-electron chi connectivity index (χ2n) is 8.85. The number of hydrogen-bond donors (Lipinski definition) is 1. The van der Waals surface area contributed by atoms with E-state index in [1.165, 1.54) is 7.11 Å². The van der Waals surface area contributed by atoms with Crippen molar-refractivity contribution in [3.05, 3.63) is 89.5 Å². The van der Waals surface area contributed by atoms with Crippen LogP contribution >= 0.6 is 12.2 Å². The largest absolute Gasteiger partial charge is 0.465 e. The number of methoxy groups -OCH3 is 1. The maximum absolute atomic E-state index is 13.6. The van der Waals surface area contributed by atoms with Crippen molar-refractivity contribution in [3.63, 3.8) is 0 Å². The number of carbonyl (C=O) groups is 3. The van der Waals surface area contributed by atoms with Crippen molar-refractivity contribution in [3.8, 4) is 11.5 Å². The number of nitrogens with zero attached hydrogens (tertiary/aromatic N) is 2. The van der Waals surface area contributed by atoms with Crippen LogP contribution in [-0.2, 0) is 27.4 Å². The van der Waals surface area contributed by atoms with Crippen LogP contribution in [-0.4, -0.2) is 52.6 Å². The second-order valence-corrected chi connectivity index (χ2v) is 9.21. The Balaban J connectivity index is 1.35. The van der Waals surface area contributed by atoms with Gasteiger partial charge in [-0.1, -0.05) is 36.4 Å². The van der Waals surface area contributed by atoms with Crippen molar-refractivity contribution in [1.82, 2.24) is 9.80 Å². The highest BCUT2D eigenvalue weighted by molar-refractivity contribution is 7.80. The monoisotopic (exact) mass is 531 g/mol. The van der Waals surface area contributed by atoms with Gasteiger partial charge in [0.2, 0.25) is 12.7 Å². The Morgan fingerprint density at radius 2 is 1.71 bits per heavy atom. The summed E-state index contributed by atoms with van der Waals surface area (Å²) in [5, 5.41) is 3.16. The molecule has 0 aliphatic carbocycles. The molecule has 3 aromatic rings. The number of ether oxygens (including phenoxy) is 3. The first-order valence-electron chi connectivity index (χ1n) is 12.0. The SMILES string of the molecule is COC(=O)c1ccc(NC(=O)CC2C(=O)N(Cc3ccccc3)C(=S)N2Cc2ccc3c(c2)OCO3)cc1. The molecule has 1 atom stereocenters. The summed E-state index contributed by atoms with van der Waals surface area (Å²) < 4.78 is 15.6. The molecule has 2 amide bonds. The minimum absolute atomic E-state index is 0.104. The minimum Gasteiger partial charge on any atom is -0.465 e. The third-order valence-corrected chi connectivity index (χ3v) is 6.80. The molecule has 5 rings (SSSR count). The topological polar surface area (TPSA) is 97.4 Å². The van der Waals surface area contributed by atoms with E-state index in [9.17, 15) is 14.4 Å². The molecule has 0 saturated carbocycles.